The lowest BCUT2D eigenvalue weighted by molar-refractivity contribution is 1.49. The minimum Gasteiger partial charge on any atom is -0.192 e. The molecule has 0 aliphatic carbocycles. The summed E-state index contributed by atoms with van der Waals surface area (Å²) in [4.78, 5) is 2.97. The molecule has 1 aliphatic heterocycles. The van der Waals surface area contributed by atoms with Gasteiger partial charge in [-0.2, -0.15) is 10.0 Å². The molecular weight excluding hydrogens is 669 g/mol. The van der Waals surface area contributed by atoms with Crippen LogP contribution in [0.15, 0.2) is 204 Å². The van der Waals surface area contributed by atoms with Gasteiger partial charge in [-0.1, -0.05) is 158 Å². The zero-order chi connectivity index (χ0) is 36.8. The Kier molecular flexibility index (Phi) is 8.53. The highest BCUT2D eigenvalue weighted by atomic mass is 32.3. The molecule has 0 radical (unpaired) electrons. The molecule has 0 saturated carbocycles. The molecule has 0 saturated heterocycles. The van der Waals surface area contributed by atoms with Crippen LogP contribution in [0.4, 0.5) is 0 Å². The van der Waals surface area contributed by atoms with Gasteiger partial charge in [0.1, 0.15) is 0 Å². The van der Waals surface area contributed by atoms with E-state index in [2.05, 4.69) is 189 Å². The number of benzene rings is 9. The predicted octanol–water partition coefficient (Wildman–Crippen LogP) is 15.5. The predicted molar refractivity (Wildman–Crippen MR) is 239 cm³/mol. The van der Waals surface area contributed by atoms with E-state index in [0.717, 1.165) is 0 Å². The molecule has 0 spiro atoms. The zero-order valence-electron chi connectivity index (χ0n) is 31.0. The standard InChI is InChI=1S/C48H34S.C5H8/c1-49(2)45-28-36-20-12-11-19-35(36)26-40(45)41-29-43-44(30-46(41)49)48(33-16-7-4-8-17-33)42-27-38(37-22-21-31-13-9-10-18-34(31)25-37)23-24-39(42)47(43)32-14-5-3-6-15-32;1-3-5-4-2/h3-30H,1-2H3;3-5H,1H2,2H3/b;5-4-. The van der Waals surface area contributed by atoms with Crippen LogP contribution in [0, 0.1) is 0 Å². The first-order chi connectivity index (χ1) is 26.5. The van der Waals surface area contributed by atoms with Gasteiger partial charge in [0.15, 0.2) is 0 Å². The van der Waals surface area contributed by atoms with Crippen molar-refractivity contribution in [3.05, 3.63) is 195 Å². The minimum atomic E-state index is -1.25. The molecule has 0 fully saturated rings. The van der Waals surface area contributed by atoms with Crippen molar-refractivity contribution in [1.29, 1.82) is 0 Å². The summed E-state index contributed by atoms with van der Waals surface area (Å²) in [5.74, 6) is 0. The number of allylic oxidation sites excluding steroid dienone is 3. The molecule has 1 heterocycles. The molecule has 0 aromatic heterocycles. The highest BCUT2D eigenvalue weighted by Crippen LogP contribution is 2.68. The van der Waals surface area contributed by atoms with Gasteiger partial charge in [0.2, 0.25) is 0 Å². The summed E-state index contributed by atoms with van der Waals surface area (Å²) in [6.45, 7) is 5.42. The Bertz CT molecular complexity index is 2910. The molecule has 0 bridgehead atoms. The molecule has 9 aromatic rings. The second kappa shape index (κ2) is 13.7. The zero-order valence-corrected chi connectivity index (χ0v) is 31.8. The first-order valence-electron chi connectivity index (χ1n) is 18.6. The average Bonchev–Trinajstić information content (AvgIpc) is 3.43. The third-order valence-corrected chi connectivity index (χ3v) is 13.9. The van der Waals surface area contributed by atoms with Crippen LogP contribution >= 0.6 is 10.0 Å². The fourth-order valence-corrected chi connectivity index (χ4v) is 10.9. The first-order valence-corrected chi connectivity index (χ1v) is 21.1. The van der Waals surface area contributed by atoms with E-state index in [1.165, 1.54) is 97.4 Å². The molecule has 0 atom stereocenters. The van der Waals surface area contributed by atoms with Gasteiger partial charge >= 0.3 is 0 Å². The molecule has 1 aliphatic rings. The molecule has 54 heavy (non-hydrogen) atoms. The van der Waals surface area contributed by atoms with Crippen LogP contribution in [-0.4, -0.2) is 12.5 Å². The Morgan fingerprint density at radius 1 is 0.407 bits per heavy atom. The normalized spacial score (nSPS) is 13.5. The molecule has 260 valence electrons. The maximum atomic E-state index is 3.46. The van der Waals surface area contributed by atoms with E-state index < -0.39 is 10.0 Å². The van der Waals surface area contributed by atoms with E-state index >= 15 is 0 Å². The Labute approximate surface area is 320 Å². The van der Waals surface area contributed by atoms with Crippen molar-refractivity contribution in [3.63, 3.8) is 0 Å². The highest BCUT2D eigenvalue weighted by Gasteiger charge is 2.33. The topological polar surface area (TPSA) is 0 Å². The molecule has 10 rings (SSSR count). The van der Waals surface area contributed by atoms with Crippen molar-refractivity contribution in [2.24, 2.45) is 0 Å². The van der Waals surface area contributed by atoms with Crippen molar-refractivity contribution in [1.82, 2.24) is 0 Å². The smallest absolute Gasteiger partial charge is 0.00220 e. The monoisotopic (exact) mass is 710 g/mol. The summed E-state index contributed by atoms with van der Waals surface area (Å²) in [6.07, 6.45) is 10.5. The summed E-state index contributed by atoms with van der Waals surface area (Å²) in [5.41, 5.74) is 10.4. The largest absolute Gasteiger partial charge is 0.192 e. The fourth-order valence-electron chi connectivity index (χ4n) is 8.37. The van der Waals surface area contributed by atoms with E-state index in [4.69, 9.17) is 0 Å². The Hall–Kier alpha value is -6.15. The fraction of sp³-hybridized carbons (Fsp3) is 0.0566. The lowest BCUT2D eigenvalue weighted by Crippen LogP contribution is -1.95. The Balaban J connectivity index is 0.000000724. The van der Waals surface area contributed by atoms with Crippen LogP contribution in [-0.2, 0) is 0 Å². The van der Waals surface area contributed by atoms with E-state index in [1.807, 2.05) is 19.1 Å². The Morgan fingerprint density at radius 2 is 0.889 bits per heavy atom. The van der Waals surface area contributed by atoms with E-state index in [0.29, 0.717) is 0 Å². The third kappa shape index (κ3) is 5.64. The van der Waals surface area contributed by atoms with Crippen LogP contribution in [0.1, 0.15) is 6.92 Å². The number of hydrogen-bond acceptors (Lipinski definition) is 0. The maximum Gasteiger partial charge on any atom is 0.00220 e. The summed E-state index contributed by atoms with van der Waals surface area (Å²) >= 11 is 0. The Morgan fingerprint density at radius 3 is 1.52 bits per heavy atom. The van der Waals surface area contributed by atoms with Crippen LogP contribution < -0.4 is 0 Å². The number of hydrogen-bond donors (Lipinski definition) is 0. The third-order valence-electron chi connectivity index (χ3n) is 11.0. The van der Waals surface area contributed by atoms with E-state index in [1.54, 1.807) is 6.08 Å². The van der Waals surface area contributed by atoms with Gasteiger partial charge in [-0.3, -0.25) is 0 Å². The van der Waals surface area contributed by atoms with Crippen LogP contribution in [0.25, 0.3) is 87.6 Å². The van der Waals surface area contributed by atoms with Crippen molar-refractivity contribution >= 4 is 53.1 Å². The van der Waals surface area contributed by atoms with Crippen LogP contribution in [0.2, 0.25) is 0 Å². The first kappa shape index (κ1) is 33.7. The van der Waals surface area contributed by atoms with Crippen molar-refractivity contribution in [2.75, 3.05) is 12.5 Å². The lowest BCUT2D eigenvalue weighted by Gasteiger charge is -2.29. The molecular formula is C53H42S. The van der Waals surface area contributed by atoms with Crippen molar-refractivity contribution in [3.8, 4) is 44.5 Å². The molecule has 0 nitrogen and oxygen atoms in total. The van der Waals surface area contributed by atoms with Gasteiger partial charge in [-0.25, -0.2) is 0 Å². The van der Waals surface area contributed by atoms with E-state index in [-0.39, 0.29) is 0 Å². The second-order valence-electron chi connectivity index (χ2n) is 14.5. The molecule has 0 amide bonds. The van der Waals surface area contributed by atoms with Gasteiger partial charge in [0, 0.05) is 9.79 Å². The van der Waals surface area contributed by atoms with Crippen LogP contribution in [0.5, 0.6) is 0 Å². The second-order valence-corrected chi connectivity index (χ2v) is 18.0. The van der Waals surface area contributed by atoms with Gasteiger partial charge in [-0.15, -0.1) is 0 Å². The molecule has 9 aromatic carbocycles. The van der Waals surface area contributed by atoms with Crippen molar-refractivity contribution < 1.29 is 0 Å². The number of fused-ring (bicyclic) bond motifs is 7. The lowest BCUT2D eigenvalue weighted by atomic mass is 9.83. The van der Waals surface area contributed by atoms with Crippen LogP contribution in [0.3, 0.4) is 0 Å². The summed E-state index contributed by atoms with van der Waals surface area (Å²) in [5, 5.41) is 10.4. The average molecular weight is 711 g/mol. The quantitative estimate of drug-likeness (QED) is 0.126. The summed E-state index contributed by atoms with van der Waals surface area (Å²) in [6, 6.07) is 63.5. The molecule has 0 unspecified atom stereocenters. The summed E-state index contributed by atoms with van der Waals surface area (Å²) in [7, 11) is -1.25. The minimum absolute atomic E-state index is 1.24. The van der Waals surface area contributed by atoms with Gasteiger partial charge < -0.3 is 0 Å². The number of rotatable bonds is 4. The SMILES string of the molecule is C=C/C=C\C.CS1(C)c2cc3ccccc3cc2-c2cc3c(-c4ccccc4)c4ccc(-c5ccc6ccccc6c5)cc4c(-c4ccccc4)c3cc21. The van der Waals surface area contributed by atoms with Crippen molar-refractivity contribution in [2.45, 2.75) is 16.7 Å². The highest BCUT2D eigenvalue weighted by molar-refractivity contribution is 8.33. The van der Waals surface area contributed by atoms with Gasteiger partial charge in [0.05, 0.1) is 0 Å². The van der Waals surface area contributed by atoms with Gasteiger partial charge in [0.25, 0.3) is 0 Å². The molecule has 1 heteroatoms. The molecule has 0 N–H and O–H groups in total. The summed E-state index contributed by atoms with van der Waals surface area (Å²) < 4.78 is 0. The van der Waals surface area contributed by atoms with E-state index in [9.17, 15) is 0 Å². The van der Waals surface area contributed by atoms with Gasteiger partial charge in [-0.05, 0) is 143 Å². The maximum absolute atomic E-state index is 3.46.